The van der Waals surface area contributed by atoms with Crippen molar-refractivity contribution in [3.63, 3.8) is 0 Å². The number of benzene rings is 1. The van der Waals surface area contributed by atoms with Crippen LogP contribution in [0.4, 0.5) is 0 Å². The highest BCUT2D eigenvalue weighted by atomic mass is 35.5. The molecule has 4 heteroatoms. The highest BCUT2D eigenvalue weighted by Crippen LogP contribution is 2.17. The van der Waals surface area contributed by atoms with E-state index in [4.69, 9.17) is 16.3 Å². The zero-order valence-electron chi connectivity index (χ0n) is 11.0. The van der Waals surface area contributed by atoms with Crippen molar-refractivity contribution in [1.29, 1.82) is 0 Å². The molecule has 0 bridgehead atoms. The second-order valence-electron chi connectivity index (χ2n) is 4.94. The number of likely N-dealkylation sites (N-methyl/N-ethyl adjacent to an activating group) is 1. The third-order valence-corrected chi connectivity index (χ3v) is 3.58. The second-order valence-corrected chi connectivity index (χ2v) is 5.38. The molecule has 0 amide bonds. The van der Waals surface area contributed by atoms with Gasteiger partial charge >= 0.3 is 0 Å². The lowest BCUT2D eigenvalue weighted by Crippen LogP contribution is -2.45. The molecule has 1 saturated heterocycles. The molecule has 0 aliphatic carbocycles. The molecule has 1 aromatic rings. The molecule has 1 aromatic carbocycles. The first-order valence-corrected chi connectivity index (χ1v) is 6.82. The lowest BCUT2D eigenvalue weighted by atomic mass is 10.1. The molecule has 18 heavy (non-hydrogen) atoms. The molecular weight excluding hydrogens is 248 g/mol. The van der Waals surface area contributed by atoms with Gasteiger partial charge in [-0.25, -0.2) is 0 Å². The number of hydrogen-bond donors (Lipinski definition) is 1. The van der Waals surface area contributed by atoms with Gasteiger partial charge in [0.2, 0.25) is 0 Å². The van der Waals surface area contributed by atoms with Crippen molar-refractivity contribution >= 4 is 11.6 Å². The minimum atomic E-state index is 0.283. The SMILES string of the molecule is C[C@H](NC[C@@H]1CN(C)CCO1)c1cccc(Cl)c1. The second kappa shape index (κ2) is 6.53. The van der Waals surface area contributed by atoms with E-state index < -0.39 is 0 Å². The fourth-order valence-electron chi connectivity index (χ4n) is 2.19. The molecule has 0 aromatic heterocycles. The summed E-state index contributed by atoms with van der Waals surface area (Å²) < 4.78 is 5.73. The number of nitrogens with zero attached hydrogens (tertiary/aromatic N) is 1. The topological polar surface area (TPSA) is 24.5 Å². The Morgan fingerprint density at radius 2 is 2.39 bits per heavy atom. The average Bonchev–Trinajstić information content (AvgIpc) is 2.36. The summed E-state index contributed by atoms with van der Waals surface area (Å²) in [5.41, 5.74) is 1.21. The van der Waals surface area contributed by atoms with E-state index >= 15 is 0 Å². The van der Waals surface area contributed by atoms with Crippen molar-refractivity contribution in [1.82, 2.24) is 10.2 Å². The van der Waals surface area contributed by atoms with E-state index in [1.807, 2.05) is 18.2 Å². The van der Waals surface area contributed by atoms with Gasteiger partial charge in [0.25, 0.3) is 0 Å². The first-order valence-electron chi connectivity index (χ1n) is 6.44. The summed E-state index contributed by atoms with van der Waals surface area (Å²) in [7, 11) is 2.13. The Hall–Kier alpha value is -0.610. The van der Waals surface area contributed by atoms with Gasteiger partial charge in [0.15, 0.2) is 0 Å². The zero-order chi connectivity index (χ0) is 13.0. The van der Waals surface area contributed by atoms with Gasteiger partial charge in [-0.1, -0.05) is 23.7 Å². The van der Waals surface area contributed by atoms with E-state index in [0.717, 1.165) is 31.3 Å². The lowest BCUT2D eigenvalue weighted by molar-refractivity contribution is -0.0190. The van der Waals surface area contributed by atoms with Crippen molar-refractivity contribution in [3.05, 3.63) is 34.9 Å². The highest BCUT2D eigenvalue weighted by Gasteiger charge is 2.18. The van der Waals surface area contributed by atoms with E-state index in [9.17, 15) is 0 Å². The van der Waals surface area contributed by atoms with E-state index in [1.54, 1.807) is 0 Å². The summed E-state index contributed by atoms with van der Waals surface area (Å²) in [6, 6.07) is 8.28. The smallest absolute Gasteiger partial charge is 0.0826 e. The Labute approximate surface area is 114 Å². The monoisotopic (exact) mass is 268 g/mol. The number of morpholine rings is 1. The highest BCUT2D eigenvalue weighted by molar-refractivity contribution is 6.30. The van der Waals surface area contributed by atoms with Crippen LogP contribution in [-0.2, 0) is 4.74 Å². The quantitative estimate of drug-likeness (QED) is 0.907. The third kappa shape index (κ3) is 3.95. The molecule has 0 unspecified atom stereocenters. The number of rotatable bonds is 4. The van der Waals surface area contributed by atoms with Crippen LogP contribution in [0.2, 0.25) is 5.02 Å². The maximum atomic E-state index is 6.00. The summed E-state index contributed by atoms with van der Waals surface area (Å²) >= 11 is 6.00. The third-order valence-electron chi connectivity index (χ3n) is 3.34. The van der Waals surface area contributed by atoms with Crippen LogP contribution in [0.1, 0.15) is 18.5 Å². The van der Waals surface area contributed by atoms with Gasteiger partial charge in [0.1, 0.15) is 0 Å². The van der Waals surface area contributed by atoms with Gasteiger partial charge in [-0.3, -0.25) is 0 Å². The van der Waals surface area contributed by atoms with Crippen LogP contribution in [0, 0.1) is 0 Å². The van der Waals surface area contributed by atoms with Crippen LogP contribution in [0.3, 0.4) is 0 Å². The minimum absolute atomic E-state index is 0.283. The van der Waals surface area contributed by atoms with Crippen molar-refractivity contribution in [2.75, 3.05) is 33.3 Å². The van der Waals surface area contributed by atoms with E-state index in [-0.39, 0.29) is 6.10 Å². The molecule has 0 radical (unpaired) electrons. The van der Waals surface area contributed by atoms with Gasteiger partial charge in [-0.05, 0) is 31.7 Å². The van der Waals surface area contributed by atoms with Gasteiger partial charge < -0.3 is 15.0 Å². The number of hydrogen-bond acceptors (Lipinski definition) is 3. The van der Waals surface area contributed by atoms with Crippen molar-refractivity contribution in [3.8, 4) is 0 Å². The van der Waals surface area contributed by atoms with Crippen molar-refractivity contribution in [2.45, 2.75) is 19.1 Å². The van der Waals surface area contributed by atoms with Crippen LogP contribution < -0.4 is 5.32 Å². The Balaban J connectivity index is 1.82. The Bertz CT molecular complexity index is 386. The molecular formula is C14H21ClN2O. The van der Waals surface area contributed by atoms with Crippen LogP contribution >= 0.6 is 11.6 Å². The number of ether oxygens (including phenoxy) is 1. The summed E-state index contributed by atoms with van der Waals surface area (Å²) in [5.74, 6) is 0. The van der Waals surface area contributed by atoms with Gasteiger partial charge in [-0.2, -0.15) is 0 Å². The largest absolute Gasteiger partial charge is 0.374 e. The van der Waals surface area contributed by atoms with E-state index in [0.29, 0.717) is 6.04 Å². The normalized spacial score (nSPS) is 22.9. The van der Waals surface area contributed by atoms with Crippen LogP contribution in [0.5, 0.6) is 0 Å². The van der Waals surface area contributed by atoms with Crippen LogP contribution in [-0.4, -0.2) is 44.3 Å². The van der Waals surface area contributed by atoms with Gasteiger partial charge in [-0.15, -0.1) is 0 Å². The lowest BCUT2D eigenvalue weighted by Gasteiger charge is -2.31. The fraction of sp³-hybridized carbons (Fsp3) is 0.571. The fourth-order valence-corrected chi connectivity index (χ4v) is 2.39. The average molecular weight is 269 g/mol. The molecule has 2 atom stereocenters. The first-order chi connectivity index (χ1) is 8.65. The standard InChI is InChI=1S/C14H21ClN2O/c1-11(12-4-3-5-13(15)8-12)16-9-14-10-17(2)6-7-18-14/h3-5,8,11,14,16H,6-7,9-10H2,1-2H3/t11-,14+/m0/s1. The molecule has 1 heterocycles. The number of nitrogens with one attached hydrogen (secondary N) is 1. The van der Waals surface area contributed by atoms with Crippen molar-refractivity contribution < 1.29 is 4.74 Å². The molecule has 3 nitrogen and oxygen atoms in total. The minimum Gasteiger partial charge on any atom is -0.374 e. The summed E-state index contributed by atoms with van der Waals surface area (Å²) in [6.07, 6.45) is 0.283. The summed E-state index contributed by atoms with van der Waals surface area (Å²) in [4.78, 5) is 2.31. The molecule has 0 spiro atoms. The molecule has 1 aliphatic heterocycles. The van der Waals surface area contributed by atoms with Gasteiger partial charge in [0, 0.05) is 30.7 Å². The molecule has 100 valence electrons. The molecule has 1 aliphatic rings. The molecule has 1 N–H and O–H groups in total. The maximum Gasteiger partial charge on any atom is 0.0826 e. The van der Waals surface area contributed by atoms with E-state index in [1.165, 1.54) is 5.56 Å². The van der Waals surface area contributed by atoms with Gasteiger partial charge in [0.05, 0.1) is 12.7 Å². The Morgan fingerprint density at radius 3 is 3.11 bits per heavy atom. The maximum absolute atomic E-state index is 6.00. The summed E-state index contributed by atoms with van der Waals surface area (Å²) in [6.45, 7) is 5.88. The summed E-state index contributed by atoms with van der Waals surface area (Å²) in [5, 5.41) is 4.29. The van der Waals surface area contributed by atoms with Crippen LogP contribution in [0.25, 0.3) is 0 Å². The van der Waals surface area contributed by atoms with Crippen LogP contribution in [0.15, 0.2) is 24.3 Å². The predicted octanol–water partition coefficient (Wildman–Crippen LogP) is 2.32. The predicted molar refractivity (Wildman–Crippen MR) is 75.1 cm³/mol. The zero-order valence-corrected chi connectivity index (χ0v) is 11.8. The van der Waals surface area contributed by atoms with Crippen molar-refractivity contribution in [2.24, 2.45) is 0 Å². The Morgan fingerprint density at radius 1 is 1.56 bits per heavy atom. The molecule has 0 saturated carbocycles. The first kappa shape index (κ1) is 13.8. The molecule has 2 rings (SSSR count). The number of halogens is 1. The Kier molecular flexibility index (Phi) is 5.01. The molecule has 1 fully saturated rings. The van der Waals surface area contributed by atoms with E-state index in [2.05, 4.69) is 30.3 Å².